The summed E-state index contributed by atoms with van der Waals surface area (Å²) in [4.78, 5) is 14.2. The Bertz CT molecular complexity index is 534. The zero-order valence-corrected chi connectivity index (χ0v) is 13.1. The average molecular weight is 329 g/mol. The number of likely N-dealkylation sites (tertiary alicyclic amines) is 1. The summed E-state index contributed by atoms with van der Waals surface area (Å²) < 4.78 is 38.6. The molecule has 0 aliphatic carbocycles. The van der Waals surface area contributed by atoms with Gasteiger partial charge in [-0.05, 0) is 44.0 Å². The monoisotopic (exact) mass is 329 g/mol. The lowest BCUT2D eigenvalue weighted by Gasteiger charge is -2.16. The van der Waals surface area contributed by atoms with E-state index in [-0.39, 0.29) is 5.69 Å². The molecule has 1 heterocycles. The van der Waals surface area contributed by atoms with Crippen LogP contribution in [0.15, 0.2) is 24.3 Å². The number of para-hydroxylation sites is 1. The number of carbonyl (C=O) groups is 1. The molecule has 1 fully saturated rings. The molecule has 2 rings (SSSR count). The highest BCUT2D eigenvalue weighted by Crippen LogP contribution is 2.34. The van der Waals surface area contributed by atoms with Crippen LogP contribution in [0.4, 0.5) is 23.7 Å². The van der Waals surface area contributed by atoms with Gasteiger partial charge >= 0.3 is 12.2 Å². The predicted octanol–water partition coefficient (Wildman–Crippen LogP) is 3.56. The van der Waals surface area contributed by atoms with Crippen molar-refractivity contribution < 1.29 is 18.0 Å². The van der Waals surface area contributed by atoms with Gasteiger partial charge in [0.1, 0.15) is 0 Å². The molecular formula is C16H22F3N3O. The SMILES string of the molecule is CCCN1CCC(CNC(=O)Nc2ccccc2C(F)(F)F)C1. The molecule has 7 heteroatoms. The number of nitrogens with zero attached hydrogens (tertiary/aromatic N) is 1. The van der Waals surface area contributed by atoms with Gasteiger partial charge in [-0.15, -0.1) is 0 Å². The average Bonchev–Trinajstić information content (AvgIpc) is 2.93. The van der Waals surface area contributed by atoms with Crippen molar-refractivity contribution in [2.45, 2.75) is 25.9 Å². The molecule has 1 aliphatic rings. The summed E-state index contributed by atoms with van der Waals surface area (Å²) in [6.07, 6.45) is -2.40. The Balaban J connectivity index is 1.84. The third kappa shape index (κ3) is 5.13. The number of alkyl halides is 3. The number of halogens is 3. The van der Waals surface area contributed by atoms with Crippen LogP contribution in [-0.2, 0) is 6.18 Å². The number of rotatable bonds is 5. The smallest absolute Gasteiger partial charge is 0.338 e. The maximum Gasteiger partial charge on any atom is 0.418 e. The number of benzene rings is 1. The first-order chi connectivity index (χ1) is 10.9. The summed E-state index contributed by atoms with van der Waals surface area (Å²) in [5, 5.41) is 4.96. The fourth-order valence-corrected chi connectivity index (χ4v) is 2.84. The van der Waals surface area contributed by atoms with Gasteiger partial charge in [0.2, 0.25) is 0 Å². The molecule has 4 nitrogen and oxygen atoms in total. The topological polar surface area (TPSA) is 44.4 Å². The van der Waals surface area contributed by atoms with E-state index in [0.29, 0.717) is 12.5 Å². The Morgan fingerprint density at radius 1 is 1.35 bits per heavy atom. The third-order valence-electron chi connectivity index (χ3n) is 3.94. The second kappa shape index (κ2) is 7.68. The Kier molecular flexibility index (Phi) is 5.87. The summed E-state index contributed by atoms with van der Waals surface area (Å²) in [6, 6.07) is 4.36. The zero-order chi connectivity index (χ0) is 16.9. The van der Waals surface area contributed by atoms with E-state index in [9.17, 15) is 18.0 Å². The zero-order valence-electron chi connectivity index (χ0n) is 13.1. The van der Waals surface area contributed by atoms with Crippen LogP contribution >= 0.6 is 0 Å². The largest absolute Gasteiger partial charge is 0.418 e. The number of carbonyl (C=O) groups excluding carboxylic acids is 1. The molecule has 0 saturated carbocycles. The van der Waals surface area contributed by atoms with Crippen LogP contribution < -0.4 is 10.6 Å². The van der Waals surface area contributed by atoms with E-state index >= 15 is 0 Å². The van der Waals surface area contributed by atoms with Crippen LogP contribution in [-0.4, -0.2) is 37.1 Å². The van der Waals surface area contributed by atoms with E-state index < -0.39 is 17.8 Å². The van der Waals surface area contributed by atoms with Crippen molar-refractivity contribution in [1.29, 1.82) is 0 Å². The second-order valence-corrected chi connectivity index (χ2v) is 5.83. The number of urea groups is 1. The van der Waals surface area contributed by atoms with E-state index in [1.807, 2.05) is 0 Å². The van der Waals surface area contributed by atoms with Crippen molar-refractivity contribution in [3.8, 4) is 0 Å². The van der Waals surface area contributed by atoms with Crippen molar-refractivity contribution in [3.05, 3.63) is 29.8 Å². The minimum Gasteiger partial charge on any atom is -0.338 e. The standard InChI is InChI=1S/C16H22F3N3O/c1-2-8-22-9-7-12(11-22)10-20-15(23)21-14-6-4-3-5-13(14)16(17,18)19/h3-6,12H,2,7-11H2,1H3,(H2,20,21,23). The third-order valence-corrected chi connectivity index (χ3v) is 3.94. The lowest BCUT2D eigenvalue weighted by atomic mass is 10.1. The Morgan fingerprint density at radius 2 is 2.09 bits per heavy atom. The predicted molar refractivity (Wildman–Crippen MR) is 83.3 cm³/mol. The molecule has 1 aliphatic heterocycles. The first-order valence-electron chi connectivity index (χ1n) is 7.83. The number of hydrogen-bond acceptors (Lipinski definition) is 2. The van der Waals surface area contributed by atoms with Gasteiger partial charge in [0, 0.05) is 13.1 Å². The molecular weight excluding hydrogens is 307 g/mol. The van der Waals surface area contributed by atoms with Crippen molar-refractivity contribution in [2.75, 3.05) is 31.5 Å². The van der Waals surface area contributed by atoms with Crippen molar-refractivity contribution in [3.63, 3.8) is 0 Å². The molecule has 1 saturated heterocycles. The summed E-state index contributed by atoms with van der Waals surface area (Å²) in [7, 11) is 0. The second-order valence-electron chi connectivity index (χ2n) is 5.83. The Labute approximate surface area is 134 Å². The van der Waals surface area contributed by atoms with Crippen LogP contribution in [0.1, 0.15) is 25.3 Å². The van der Waals surface area contributed by atoms with Crippen molar-refractivity contribution >= 4 is 11.7 Å². The van der Waals surface area contributed by atoms with Crippen LogP contribution in [0.2, 0.25) is 0 Å². The van der Waals surface area contributed by atoms with E-state index in [1.54, 1.807) is 0 Å². The summed E-state index contributed by atoms with van der Waals surface area (Å²) in [5.41, 5.74) is -1.07. The molecule has 1 aromatic rings. The van der Waals surface area contributed by atoms with Crippen LogP contribution in [0.25, 0.3) is 0 Å². The van der Waals surface area contributed by atoms with Gasteiger partial charge in [0.05, 0.1) is 11.3 Å². The summed E-state index contributed by atoms with van der Waals surface area (Å²) in [6.45, 7) is 5.57. The van der Waals surface area contributed by atoms with E-state index in [0.717, 1.165) is 38.5 Å². The number of anilines is 1. The molecule has 128 valence electrons. The highest BCUT2D eigenvalue weighted by molar-refractivity contribution is 5.90. The maximum absolute atomic E-state index is 12.9. The van der Waals surface area contributed by atoms with Gasteiger partial charge in [-0.1, -0.05) is 19.1 Å². The van der Waals surface area contributed by atoms with Crippen molar-refractivity contribution in [2.24, 2.45) is 5.92 Å². The molecule has 0 radical (unpaired) electrons. The lowest BCUT2D eigenvalue weighted by Crippen LogP contribution is -2.34. The van der Waals surface area contributed by atoms with Crippen LogP contribution in [0.5, 0.6) is 0 Å². The molecule has 0 spiro atoms. The number of amides is 2. The molecule has 0 bridgehead atoms. The molecule has 2 N–H and O–H groups in total. The summed E-state index contributed by atoms with van der Waals surface area (Å²) in [5.74, 6) is 0.352. The number of hydrogen-bond donors (Lipinski definition) is 2. The highest BCUT2D eigenvalue weighted by Gasteiger charge is 2.33. The molecule has 1 atom stereocenters. The minimum absolute atomic E-state index is 0.225. The van der Waals surface area contributed by atoms with Gasteiger partial charge in [-0.2, -0.15) is 13.2 Å². The van der Waals surface area contributed by atoms with Gasteiger partial charge in [-0.3, -0.25) is 0 Å². The van der Waals surface area contributed by atoms with Crippen LogP contribution in [0, 0.1) is 5.92 Å². The highest BCUT2D eigenvalue weighted by atomic mass is 19.4. The summed E-state index contributed by atoms with van der Waals surface area (Å²) >= 11 is 0. The van der Waals surface area contributed by atoms with Crippen LogP contribution in [0.3, 0.4) is 0 Å². The Hall–Kier alpha value is -1.76. The maximum atomic E-state index is 12.9. The van der Waals surface area contributed by atoms with Gasteiger partial charge in [0.15, 0.2) is 0 Å². The molecule has 1 unspecified atom stereocenters. The fraction of sp³-hybridized carbons (Fsp3) is 0.562. The first-order valence-corrected chi connectivity index (χ1v) is 7.83. The first kappa shape index (κ1) is 17.6. The molecule has 1 aromatic carbocycles. The van der Waals surface area contributed by atoms with E-state index in [4.69, 9.17) is 0 Å². The molecule has 2 amide bonds. The lowest BCUT2D eigenvalue weighted by molar-refractivity contribution is -0.136. The van der Waals surface area contributed by atoms with Gasteiger partial charge < -0.3 is 15.5 Å². The molecule has 0 aromatic heterocycles. The Morgan fingerprint density at radius 3 is 2.78 bits per heavy atom. The quantitative estimate of drug-likeness (QED) is 0.867. The van der Waals surface area contributed by atoms with E-state index in [2.05, 4.69) is 22.5 Å². The van der Waals surface area contributed by atoms with Gasteiger partial charge in [0.25, 0.3) is 0 Å². The normalized spacial score (nSPS) is 18.9. The minimum atomic E-state index is -4.49. The fourth-order valence-electron chi connectivity index (χ4n) is 2.84. The van der Waals surface area contributed by atoms with Gasteiger partial charge in [-0.25, -0.2) is 4.79 Å². The van der Waals surface area contributed by atoms with E-state index in [1.165, 1.54) is 18.2 Å². The number of nitrogens with one attached hydrogen (secondary N) is 2. The van der Waals surface area contributed by atoms with Crippen molar-refractivity contribution in [1.82, 2.24) is 10.2 Å². The molecule has 23 heavy (non-hydrogen) atoms.